The number of nitrogens with zero attached hydrogens (tertiary/aromatic N) is 1. The second-order valence-electron chi connectivity index (χ2n) is 6.66. The Kier molecular flexibility index (Phi) is 5.11. The number of carbonyl (C=O) groups is 1. The molecule has 1 saturated heterocycles. The average Bonchev–Trinajstić information content (AvgIpc) is 3.38. The van der Waals surface area contributed by atoms with E-state index in [0.29, 0.717) is 18.5 Å². The Bertz CT molecular complexity index is 486. The molecule has 2 N–H and O–H groups in total. The molecule has 4 nitrogen and oxygen atoms in total. The van der Waals surface area contributed by atoms with Gasteiger partial charge in [0.1, 0.15) is 0 Å². The van der Waals surface area contributed by atoms with E-state index in [-0.39, 0.29) is 11.9 Å². The van der Waals surface area contributed by atoms with Gasteiger partial charge in [-0.1, -0.05) is 30.3 Å². The zero-order valence-electron chi connectivity index (χ0n) is 13.4. The maximum atomic E-state index is 12.4. The predicted octanol–water partition coefficient (Wildman–Crippen LogP) is 1.94. The van der Waals surface area contributed by atoms with E-state index in [9.17, 15) is 4.79 Å². The molecule has 1 aromatic rings. The highest BCUT2D eigenvalue weighted by Gasteiger charge is 2.33. The molecule has 1 saturated carbocycles. The second-order valence-corrected chi connectivity index (χ2v) is 6.66. The normalized spacial score (nSPS) is 24.0. The number of carbonyl (C=O) groups excluding carboxylic acids is 1. The molecule has 2 fully saturated rings. The van der Waals surface area contributed by atoms with Crippen LogP contribution in [0.25, 0.3) is 0 Å². The van der Waals surface area contributed by atoms with Crippen LogP contribution in [0.2, 0.25) is 0 Å². The Labute approximate surface area is 133 Å². The largest absolute Gasteiger partial charge is 0.348 e. The summed E-state index contributed by atoms with van der Waals surface area (Å²) in [7, 11) is 2.01. The van der Waals surface area contributed by atoms with Crippen molar-refractivity contribution in [2.24, 2.45) is 5.92 Å². The number of benzene rings is 1. The van der Waals surface area contributed by atoms with E-state index in [1.165, 1.54) is 31.2 Å². The SMILES string of the molecule is CNC1CCCN(CC(=O)NC(c2ccccc2)C2CC2)C1. The first-order valence-electron chi connectivity index (χ1n) is 8.50. The highest BCUT2D eigenvalue weighted by atomic mass is 16.2. The Balaban J connectivity index is 1.55. The molecule has 0 spiro atoms. The van der Waals surface area contributed by atoms with Crippen molar-refractivity contribution in [1.29, 1.82) is 0 Å². The van der Waals surface area contributed by atoms with Crippen LogP contribution in [0.1, 0.15) is 37.3 Å². The number of nitrogens with one attached hydrogen (secondary N) is 2. The third kappa shape index (κ3) is 4.08. The van der Waals surface area contributed by atoms with Gasteiger partial charge in [-0.05, 0) is 50.8 Å². The molecule has 1 aliphatic carbocycles. The van der Waals surface area contributed by atoms with Gasteiger partial charge < -0.3 is 10.6 Å². The Hall–Kier alpha value is -1.39. The van der Waals surface area contributed by atoms with Crippen LogP contribution in [0.5, 0.6) is 0 Å². The van der Waals surface area contributed by atoms with Crippen LogP contribution < -0.4 is 10.6 Å². The molecule has 1 aliphatic heterocycles. The molecule has 2 unspecified atom stereocenters. The van der Waals surface area contributed by atoms with Crippen molar-refractivity contribution in [2.75, 3.05) is 26.7 Å². The Morgan fingerprint density at radius 2 is 2.05 bits per heavy atom. The van der Waals surface area contributed by atoms with Crippen LogP contribution in [0.4, 0.5) is 0 Å². The van der Waals surface area contributed by atoms with Gasteiger partial charge in [0.2, 0.25) is 5.91 Å². The first-order valence-corrected chi connectivity index (χ1v) is 8.50. The molecular formula is C18H27N3O. The molecule has 22 heavy (non-hydrogen) atoms. The maximum Gasteiger partial charge on any atom is 0.234 e. The van der Waals surface area contributed by atoms with Gasteiger partial charge in [0.15, 0.2) is 0 Å². The quantitative estimate of drug-likeness (QED) is 0.844. The summed E-state index contributed by atoms with van der Waals surface area (Å²) in [5, 5.41) is 6.60. The zero-order chi connectivity index (χ0) is 15.4. The molecule has 0 radical (unpaired) electrons. The molecule has 0 bridgehead atoms. The first kappa shape index (κ1) is 15.5. The Morgan fingerprint density at radius 1 is 1.27 bits per heavy atom. The van der Waals surface area contributed by atoms with Crippen molar-refractivity contribution in [2.45, 2.75) is 37.8 Å². The van der Waals surface area contributed by atoms with E-state index < -0.39 is 0 Å². The van der Waals surface area contributed by atoms with E-state index in [2.05, 4.69) is 39.8 Å². The molecule has 2 atom stereocenters. The minimum Gasteiger partial charge on any atom is -0.348 e. The smallest absolute Gasteiger partial charge is 0.234 e. The van der Waals surface area contributed by atoms with E-state index >= 15 is 0 Å². The van der Waals surface area contributed by atoms with Crippen molar-refractivity contribution in [1.82, 2.24) is 15.5 Å². The Morgan fingerprint density at radius 3 is 2.73 bits per heavy atom. The summed E-state index contributed by atoms with van der Waals surface area (Å²) in [6.45, 7) is 2.53. The fourth-order valence-electron chi connectivity index (χ4n) is 3.42. The topological polar surface area (TPSA) is 44.4 Å². The minimum atomic E-state index is 0.164. The highest BCUT2D eigenvalue weighted by molar-refractivity contribution is 5.78. The van der Waals surface area contributed by atoms with Crippen LogP contribution in [0.15, 0.2) is 30.3 Å². The number of amides is 1. The lowest BCUT2D eigenvalue weighted by Gasteiger charge is -2.32. The monoisotopic (exact) mass is 301 g/mol. The number of rotatable bonds is 6. The number of likely N-dealkylation sites (tertiary alicyclic amines) is 1. The first-order chi connectivity index (χ1) is 10.8. The summed E-state index contributed by atoms with van der Waals surface area (Å²) in [5.74, 6) is 0.787. The van der Waals surface area contributed by atoms with Crippen molar-refractivity contribution < 1.29 is 4.79 Å². The second kappa shape index (κ2) is 7.25. The lowest BCUT2D eigenvalue weighted by Crippen LogP contribution is -2.48. The maximum absolute atomic E-state index is 12.4. The predicted molar refractivity (Wildman–Crippen MR) is 88.6 cm³/mol. The molecule has 1 heterocycles. The van der Waals surface area contributed by atoms with Crippen LogP contribution in [-0.2, 0) is 4.79 Å². The standard InChI is InChI=1S/C18H27N3O/c1-19-16-8-5-11-21(12-16)13-17(22)20-18(15-9-10-15)14-6-3-2-4-7-14/h2-4,6-7,15-16,18-19H,5,8-13H2,1H3,(H,20,22). The molecular weight excluding hydrogens is 274 g/mol. The number of likely N-dealkylation sites (N-methyl/N-ethyl adjacent to an activating group) is 1. The zero-order valence-corrected chi connectivity index (χ0v) is 13.4. The fraction of sp³-hybridized carbons (Fsp3) is 0.611. The summed E-state index contributed by atoms with van der Waals surface area (Å²) >= 11 is 0. The minimum absolute atomic E-state index is 0.164. The molecule has 1 aromatic carbocycles. The summed E-state index contributed by atoms with van der Waals surface area (Å²) < 4.78 is 0. The summed E-state index contributed by atoms with van der Waals surface area (Å²) in [5.41, 5.74) is 1.24. The fourth-order valence-corrected chi connectivity index (χ4v) is 3.42. The van der Waals surface area contributed by atoms with Crippen molar-refractivity contribution in [3.05, 3.63) is 35.9 Å². The third-order valence-corrected chi connectivity index (χ3v) is 4.85. The van der Waals surface area contributed by atoms with Gasteiger partial charge in [-0.2, -0.15) is 0 Å². The lowest BCUT2D eigenvalue weighted by atomic mass is 10.0. The van der Waals surface area contributed by atoms with E-state index in [4.69, 9.17) is 0 Å². The average molecular weight is 301 g/mol. The van der Waals surface area contributed by atoms with Crippen LogP contribution >= 0.6 is 0 Å². The van der Waals surface area contributed by atoms with Crippen LogP contribution in [0.3, 0.4) is 0 Å². The molecule has 2 aliphatic rings. The molecule has 4 heteroatoms. The van der Waals surface area contributed by atoms with Crippen molar-refractivity contribution in [3.63, 3.8) is 0 Å². The van der Waals surface area contributed by atoms with Gasteiger partial charge >= 0.3 is 0 Å². The summed E-state index contributed by atoms with van der Waals surface area (Å²) in [4.78, 5) is 14.7. The van der Waals surface area contributed by atoms with Crippen molar-refractivity contribution in [3.8, 4) is 0 Å². The molecule has 3 rings (SSSR count). The summed E-state index contributed by atoms with van der Waals surface area (Å²) in [6, 6.07) is 11.1. The van der Waals surface area contributed by atoms with Crippen LogP contribution in [0, 0.1) is 5.92 Å². The van der Waals surface area contributed by atoms with Gasteiger partial charge in [0, 0.05) is 12.6 Å². The van der Waals surface area contributed by atoms with E-state index in [0.717, 1.165) is 13.1 Å². The van der Waals surface area contributed by atoms with Crippen LogP contribution in [-0.4, -0.2) is 43.5 Å². The molecule has 1 amide bonds. The lowest BCUT2D eigenvalue weighted by molar-refractivity contribution is -0.123. The van der Waals surface area contributed by atoms with E-state index in [1.54, 1.807) is 0 Å². The number of hydrogen-bond donors (Lipinski definition) is 2. The third-order valence-electron chi connectivity index (χ3n) is 4.85. The van der Waals surface area contributed by atoms with E-state index in [1.807, 2.05) is 13.1 Å². The van der Waals surface area contributed by atoms with Gasteiger partial charge in [-0.25, -0.2) is 0 Å². The molecule has 0 aromatic heterocycles. The van der Waals surface area contributed by atoms with Gasteiger partial charge in [0.05, 0.1) is 12.6 Å². The van der Waals surface area contributed by atoms with Gasteiger partial charge in [0.25, 0.3) is 0 Å². The number of hydrogen-bond acceptors (Lipinski definition) is 3. The molecule has 120 valence electrons. The van der Waals surface area contributed by atoms with Gasteiger partial charge in [-0.3, -0.25) is 9.69 Å². The number of piperidine rings is 1. The van der Waals surface area contributed by atoms with Gasteiger partial charge in [-0.15, -0.1) is 0 Å². The highest BCUT2D eigenvalue weighted by Crippen LogP contribution is 2.40. The summed E-state index contributed by atoms with van der Waals surface area (Å²) in [6.07, 6.45) is 4.84. The van der Waals surface area contributed by atoms with Crippen molar-refractivity contribution >= 4 is 5.91 Å².